The zero-order valence-electron chi connectivity index (χ0n) is 20.1. The number of hydrogen-bond donors (Lipinski definition) is 0. The molecule has 2 amide bonds. The summed E-state index contributed by atoms with van der Waals surface area (Å²) in [5.41, 5.74) is 3.84. The molecule has 1 aromatic heterocycles. The highest BCUT2D eigenvalue weighted by molar-refractivity contribution is 7.10. The fourth-order valence-corrected chi connectivity index (χ4v) is 6.34. The summed E-state index contributed by atoms with van der Waals surface area (Å²) in [5, 5.41) is 2.80. The van der Waals surface area contributed by atoms with E-state index in [-0.39, 0.29) is 30.5 Å². The molecule has 2 aliphatic heterocycles. The zero-order valence-corrected chi connectivity index (χ0v) is 22.4. The molecule has 1 fully saturated rings. The molecule has 3 aromatic rings. The number of aryl methyl sites for hydroxylation is 1. The van der Waals surface area contributed by atoms with Crippen molar-refractivity contribution in [3.05, 3.63) is 91.1 Å². The van der Waals surface area contributed by atoms with Gasteiger partial charge in [0.2, 0.25) is 5.91 Å². The van der Waals surface area contributed by atoms with E-state index in [0.717, 1.165) is 30.4 Å². The van der Waals surface area contributed by atoms with Gasteiger partial charge in [0, 0.05) is 30.1 Å². The normalized spacial score (nSPS) is 19.2. The van der Waals surface area contributed by atoms with Gasteiger partial charge in [-0.15, -0.1) is 11.3 Å². The maximum Gasteiger partial charge on any atom is 0.254 e. The fourth-order valence-electron chi connectivity index (χ4n) is 5.13. The van der Waals surface area contributed by atoms with Gasteiger partial charge in [0.1, 0.15) is 6.54 Å². The second kappa shape index (κ2) is 10.9. The molecule has 0 bridgehead atoms. The molecule has 1 saturated heterocycles. The number of nitrogens with zero attached hydrogens (tertiary/aromatic N) is 2. The second-order valence-corrected chi connectivity index (χ2v) is 11.2. The molecule has 5 nitrogen and oxygen atoms in total. The summed E-state index contributed by atoms with van der Waals surface area (Å²) in [6.45, 7) is 3.70. The Hall–Kier alpha value is -2.38. The maximum absolute atomic E-state index is 13.9. The number of halogens is 2. The summed E-state index contributed by atoms with van der Waals surface area (Å²) in [4.78, 5) is 32.3. The lowest BCUT2D eigenvalue weighted by molar-refractivity contribution is -0.134. The van der Waals surface area contributed by atoms with Crippen LogP contribution < -0.4 is 0 Å². The zero-order chi connectivity index (χ0) is 25.2. The van der Waals surface area contributed by atoms with Crippen LogP contribution in [0.5, 0.6) is 0 Å². The molecular formula is C28H28Cl2N2O3S. The van der Waals surface area contributed by atoms with Crippen LogP contribution in [0, 0.1) is 6.92 Å². The first-order valence-electron chi connectivity index (χ1n) is 12.2. The molecule has 0 radical (unpaired) electrons. The first kappa shape index (κ1) is 25.3. The summed E-state index contributed by atoms with van der Waals surface area (Å²) in [6, 6.07) is 15.0. The van der Waals surface area contributed by atoms with Crippen LogP contribution >= 0.6 is 34.5 Å². The van der Waals surface area contributed by atoms with Gasteiger partial charge in [0.05, 0.1) is 22.2 Å². The minimum absolute atomic E-state index is 0.0270. The summed E-state index contributed by atoms with van der Waals surface area (Å²) >= 11 is 14.0. The van der Waals surface area contributed by atoms with Gasteiger partial charge < -0.3 is 14.5 Å². The average Bonchev–Trinajstić information content (AvgIpc) is 3.57. The molecule has 2 atom stereocenters. The van der Waals surface area contributed by atoms with Crippen LogP contribution in [-0.2, 0) is 16.0 Å². The third-order valence-electron chi connectivity index (χ3n) is 7.00. The van der Waals surface area contributed by atoms with Crippen molar-refractivity contribution in [1.29, 1.82) is 0 Å². The first-order valence-corrected chi connectivity index (χ1v) is 13.8. The Balaban J connectivity index is 1.44. The van der Waals surface area contributed by atoms with Gasteiger partial charge in [-0.2, -0.15) is 0 Å². The Morgan fingerprint density at radius 2 is 1.94 bits per heavy atom. The molecule has 2 aromatic carbocycles. The lowest BCUT2D eigenvalue weighted by Gasteiger charge is -2.38. The van der Waals surface area contributed by atoms with E-state index in [1.165, 1.54) is 10.4 Å². The molecule has 0 saturated carbocycles. The van der Waals surface area contributed by atoms with Gasteiger partial charge in [-0.25, -0.2) is 0 Å². The number of amides is 2. The summed E-state index contributed by atoms with van der Waals surface area (Å²) < 4.78 is 5.82. The van der Waals surface area contributed by atoms with Crippen LogP contribution in [0.1, 0.15) is 50.8 Å². The standard InChI is InChI=1S/C28H28Cl2N2O3S/c1-18-5-2-3-7-21(18)27-22-11-14-36-25(22)10-12-32(27)26(33)17-31(16-20-6-4-13-35-20)28(34)19-8-9-23(29)24(30)15-19/h2-3,5,7-9,11,14-15,20,27H,4,6,10,12-13,16-17H2,1H3. The Morgan fingerprint density at radius 1 is 1.11 bits per heavy atom. The summed E-state index contributed by atoms with van der Waals surface area (Å²) in [7, 11) is 0. The van der Waals surface area contributed by atoms with Crippen LogP contribution in [0.15, 0.2) is 53.9 Å². The van der Waals surface area contributed by atoms with Crippen LogP contribution in [0.3, 0.4) is 0 Å². The fraction of sp³-hybridized carbons (Fsp3) is 0.357. The Bertz CT molecular complexity index is 1270. The summed E-state index contributed by atoms with van der Waals surface area (Å²) in [6.07, 6.45) is 2.55. The SMILES string of the molecule is Cc1ccccc1C1c2ccsc2CCN1C(=O)CN(CC1CCCO1)C(=O)c1ccc(Cl)c(Cl)c1. The van der Waals surface area contributed by atoms with E-state index in [0.29, 0.717) is 35.3 Å². The third-order valence-corrected chi connectivity index (χ3v) is 8.73. The molecule has 2 unspecified atom stereocenters. The number of rotatable bonds is 6. The highest BCUT2D eigenvalue weighted by Gasteiger charge is 2.35. The van der Waals surface area contributed by atoms with Crippen LogP contribution in [-0.4, -0.2) is 54.0 Å². The molecule has 8 heteroatoms. The minimum Gasteiger partial charge on any atom is -0.376 e. The van der Waals surface area contributed by atoms with Gasteiger partial charge in [-0.1, -0.05) is 47.5 Å². The molecular weight excluding hydrogens is 515 g/mol. The van der Waals surface area contributed by atoms with Crippen LogP contribution in [0.2, 0.25) is 10.0 Å². The number of fused-ring (bicyclic) bond motifs is 1. The van der Waals surface area contributed by atoms with Crippen molar-refractivity contribution in [2.24, 2.45) is 0 Å². The van der Waals surface area contributed by atoms with Crippen molar-refractivity contribution in [2.45, 2.75) is 38.3 Å². The predicted octanol–water partition coefficient (Wildman–Crippen LogP) is 6.16. The molecule has 36 heavy (non-hydrogen) atoms. The topological polar surface area (TPSA) is 49.9 Å². The maximum atomic E-state index is 13.9. The van der Waals surface area contributed by atoms with Crippen molar-refractivity contribution in [2.75, 3.05) is 26.2 Å². The van der Waals surface area contributed by atoms with E-state index in [2.05, 4.69) is 30.5 Å². The van der Waals surface area contributed by atoms with Crippen LogP contribution in [0.4, 0.5) is 0 Å². The van der Waals surface area contributed by atoms with Crippen molar-refractivity contribution < 1.29 is 14.3 Å². The van der Waals surface area contributed by atoms with E-state index in [4.69, 9.17) is 27.9 Å². The number of thiophene rings is 1. The van der Waals surface area contributed by atoms with E-state index in [9.17, 15) is 9.59 Å². The number of carbonyl (C=O) groups is 2. The minimum atomic E-state index is -0.252. The summed E-state index contributed by atoms with van der Waals surface area (Å²) in [5.74, 6) is -0.329. The van der Waals surface area contributed by atoms with Crippen molar-refractivity contribution in [1.82, 2.24) is 9.80 Å². The Labute approximate surface area is 225 Å². The molecule has 2 aliphatic rings. The molecule has 0 spiro atoms. The molecule has 0 N–H and O–H groups in total. The number of benzene rings is 2. The van der Waals surface area contributed by atoms with Gasteiger partial charge in [-0.3, -0.25) is 9.59 Å². The third kappa shape index (κ3) is 5.18. The average molecular weight is 544 g/mol. The highest BCUT2D eigenvalue weighted by Crippen LogP contribution is 2.39. The molecule has 188 valence electrons. The predicted molar refractivity (Wildman–Crippen MR) is 144 cm³/mol. The molecule has 0 aliphatic carbocycles. The molecule has 5 rings (SSSR count). The van der Waals surface area contributed by atoms with Crippen LogP contribution in [0.25, 0.3) is 0 Å². The van der Waals surface area contributed by atoms with Crippen molar-refractivity contribution >= 4 is 46.4 Å². The Morgan fingerprint density at radius 3 is 2.69 bits per heavy atom. The monoisotopic (exact) mass is 542 g/mol. The number of ether oxygens (including phenoxy) is 1. The van der Waals surface area contributed by atoms with E-state index in [1.54, 1.807) is 34.4 Å². The van der Waals surface area contributed by atoms with Crippen molar-refractivity contribution in [3.8, 4) is 0 Å². The number of hydrogen-bond acceptors (Lipinski definition) is 4. The van der Waals surface area contributed by atoms with E-state index < -0.39 is 0 Å². The van der Waals surface area contributed by atoms with Gasteiger partial charge in [0.25, 0.3) is 5.91 Å². The second-order valence-electron chi connectivity index (χ2n) is 9.34. The molecule has 3 heterocycles. The van der Waals surface area contributed by atoms with E-state index in [1.807, 2.05) is 17.0 Å². The van der Waals surface area contributed by atoms with Gasteiger partial charge >= 0.3 is 0 Å². The smallest absolute Gasteiger partial charge is 0.254 e. The number of carbonyl (C=O) groups excluding carboxylic acids is 2. The van der Waals surface area contributed by atoms with Crippen molar-refractivity contribution in [3.63, 3.8) is 0 Å². The van der Waals surface area contributed by atoms with Gasteiger partial charge in [0.15, 0.2) is 0 Å². The van der Waals surface area contributed by atoms with Gasteiger partial charge in [-0.05, 0) is 72.5 Å². The Kier molecular flexibility index (Phi) is 7.68. The highest BCUT2D eigenvalue weighted by atomic mass is 35.5. The quantitative estimate of drug-likeness (QED) is 0.374. The lowest BCUT2D eigenvalue weighted by atomic mass is 9.90. The lowest BCUT2D eigenvalue weighted by Crippen LogP contribution is -2.48. The largest absolute Gasteiger partial charge is 0.376 e. The first-order chi connectivity index (χ1) is 17.4. The van der Waals surface area contributed by atoms with E-state index >= 15 is 0 Å².